The summed E-state index contributed by atoms with van der Waals surface area (Å²) in [5.41, 5.74) is 5.07. The van der Waals surface area contributed by atoms with Crippen LogP contribution in [0.25, 0.3) is 44.0 Å². The van der Waals surface area contributed by atoms with Gasteiger partial charge in [-0.2, -0.15) is 0 Å². The largest absolute Gasteiger partial charge is 0.455 e. The summed E-state index contributed by atoms with van der Waals surface area (Å²) in [5, 5.41) is 4.54. The summed E-state index contributed by atoms with van der Waals surface area (Å²) in [6.07, 6.45) is 5.81. The number of aromatic nitrogens is 1. The quantitative estimate of drug-likeness (QED) is 0.294. The summed E-state index contributed by atoms with van der Waals surface area (Å²) >= 11 is 0. The molecule has 0 spiro atoms. The molecule has 0 bridgehead atoms. The Morgan fingerprint density at radius 3 is 2.52 bits per heavy atom. The van der Waals surface area contributed by atoms with E-state index in [9.17, 15) is 1.37 Å². The van der Waals surface area contributed by atoms with Gasteiger partial charge in [0.15, 0.2) is 0 Å². The molecular formula is C29H27NO. The number of hydrogen-bond donors (Lipinski definition) is 0. The van der Waals surface area contributed by atoms with E-state index in [2.05, 4.69) is 74.5 Å². The molecule has 0 saturated heterocycles. The van der Waals surface area contributed by atoms with Gasteiger partial charge < -0.3 is 4.42 Å². The molecular weight excluding hydrogens is 378 g/mol. The van der Waals surface area contributed by atoms with Gasteiger partial charge in [-0.15, -0.1) is 0 Å². The summed E-state index contributed by atoms with van der Waals surface area (Å²) in [7, 11) is 0. The van der Waals surface area contributed by atoms with E-state index in [-0.39, 0.29) is 0 Å². The number of benzene rings is 3. The second-order valence-corrected chi connectivity index (χ2v) is 9.65. The minimum Gasteiger partial charge on any atom is -0.455 e. The summed E-state index contributed by atoms with van der Waals surface area (Å²) < 4.78 is 15.7. The molecule has 31 heavy (non-hydrogen) atoms. The lowest BCUT2D eigenvalue weighted by Crippen LogP contribution is -2.20. The van der Waals surface area contributed by atoms with Crippen molar-refractivity contribution in [1.29, 1.82) is 0 Å². The van der Waals surface area contributed by atoms with E-state index in [1.165, 1.54) is 5.39 Å². The Labute approximate surface area is 184 Å². The maximum absolute atomic E-state index is 9.19. The maximum Gasteiger partial charge on any atom is 0.144 e. The van der Waals surface area contributed by atoms with Crippen LogP contribution in [0.5, 0.6) is 0 Å². The molecule has 2 heteroatoms. The third-order valence-corrected chi connectivity index (χ3v) is 7.04. The molecule has 0 unspecified atom stereocenters. The van der Waals surface area contributed by atoms with Crippen LogP contribution in [-0.2, 0) is 0 Å². The van der Waals surface area contributed by atoms with Crippen molar-refractivity contribution >= 4 is 32.7 Å². The van der Waals surface area contributed by atoms with Gasteiger partial charge in [-0.25, -0.2) is 0 Å². The van der Waals surface area contributed by atoms with Gasteiger partial charge in [0.1, 0.15) is 11.2 Å². The van der Waals surface area contributed by atoms with Crippen molar-refractivity contribution in [1.82, 2.24) is 4.98 Å². The van der Waals surface area contributed by atoms with Gasteiger partial charge in [0.25, 0.3) is 0 Å². The van der Waals surface area contributed by atoms with Crippen LogP contribution in [0.4, 0.5) is 0 Å². The monoisotopic (exact) mass is 406 g/mol. The van der Waals surface area contributed by atoms with Gasteiger partial charge in [-0.05, 0) is 72.2 Å². The first-order chi connectivity index (χ1) is 15.4. The van der Waals surface area contributed by atoms with Crippen LogP contribution >= 0.6 is 0 Å². The van der Waals surface area contributed by atoms with Crippen LogP contribution in [0.2, 0.25) is 0 Å². The smallest absolute Gasteiger partial charge is 0.144 e. The molecule has 2 aromatic heterocycles. The van der Waals surface area contributed by atoms with Crippen molar-refractivity contribution in [3.8, 4) is 11.3 Å². The summed E-state index contributed by atoms with van der Waals surface area (Å²) in [4.78, 5) is 4.70. The summed E-state index contributed by atoms with van der Waals surface area (Å²) in [6.45, 7) is 4.63. The molecule has 154 valence electrons. The van der Waals surface area contributed by atoms with Crippen molar-refractivity contribution < 1.29 is 5.79 Å². The van der Waals surface area contributed by atoms with Crippen LogP contribution in [0.3, 0.4) is 0 Å². The van der Waals surface area contributed by atoms with E-state index in [0.717, 1.165) is 69.8 Å². The summed E-state index contributed by atoms with van der Waals surface area (Å²) in [6, 6.07) is 23.1. The number of fused-ring (bicyclic) bond motifs is 5. The zero-order valence-electron chi connectivity index (χ0n) is 19.1. The Morgan fingerprint density at radius 2 is 1.65 bits per heavy atom. The molecule has 0 atom stereocenters. The molecule has 0 amide bonds. The standard InChI is InChI=1S/C29H27NO/c1-29(2)15-12-19(13-16-29)21-14-17-30-26(18-21)25-9-5-8-23-24-11-10-20-6-3-4-7-22(20)27(24)31-28(23)25/h3-11,14,17-19H,12-13,15-16H2,1-2H3/i19D. The molecule has 0 radical (unpaired) electrons. The molecule has 1 aliphatic carbocycles. The Kier molecular flexibility index (Phi) is 3.93. The highest BCUT2D eigenvalue weighted by molar-refractivity contribution is 6.17. The molecule has 5 aromatic rings. The van der Waals surface area contributed by atoms with Crippen molar-refractivity contribution in [2.75, 3.05) is 0 Å². The van der Waals surface area contributed by atoms with E-state index in [0.29, 0.717) is 5.41 Å². The predicted molar refractivity (Wildman–Crippen MR) is 129 cm³/mol. The molecule has 1 saturated carbocycles. The van der Waals surface area contributed by atoms with Crippen LogP contribution in [-0.4, -0.2) is 4.98 Å². The normalized spacial score (nSPS) is 18.5. The van der Waals surface area contributed by atoms with Gasteiger partial charge in [0.05, 0.1) is 5.69 Å². The average molecular weight is 407 g/mol. The fourth-order valence-corrected chi connectivity index (χ4v) is 5.04. The highest BCUT2D eigenvalue weighted by atomic mass is 16.3. The van der Waals surface area contributed by atoms with Gasteiger partial charge >= 0.3 is 0 Å². The number of rotatable bonds is 2. The molecule has 1 fully saturated rings. The first kappa shape index (κ1) is 17.5. The van der Waals surface area contributed by atoms with Gasteiger partial charge in [0, 0.05) is 29.3 Å². The van der Waals surface area contributed by atoms with Crippen LogP contribution < -0.4 is 0 Å². The van der Waals surface area contributed by atoms with Crippen LogP contribution in [0.1, 0.15) is 52.4 Å². The second kappa shape index (κ2) is 6.95. The zero-order chi connectivity index (χ0) is 21.9. The van der Waals surface area contributed by atoms with Crippen LogP contribution in [0.15, 0.2) is 77.3 Å². The van der Waals surface area contributed by atoms with Gasteiger partial charge in [-0.3, -0.25) is 4.98 Å². The van der Waals surface area contributed by atoms with E-state index < -0.39 is 5.89 Å². The van der Waals surface area contributed by atoms with Gasteiger partial charge in [0.2, 0.25) is 0 Å². The van der Waals surface area contributed by atoms with E-state index in [1.54, 1.807) is 0 Å². The number of hydrogen-bond acceptors (Lipinski definition) is 2. The van der Waals surface area contributed by atoms with E-state index in [4.69, 9.17) is 9.40 Å². The third-order valence-electron chi connectivity index (χ3n) is 7.04. The lowest BCUT2D eigenvalue weighted by Gasteiger charge is -2.34. The molecule has 2 nitrogen and oxygen atoms in total. The molecule has 0 aliphatic heterocycles. The molecule has 2 heterocycles. The number of pyridine rings is 1. The first-order valence-electron chi connectivity index (χ1n) is 11.7. The zero-order valence-corrected chi connectivity index (χ0v) is 18.1. The molecule has 1 aliphatic rings. The Hall–Kier alpha value is -3.13. The highest BCUT2D eigenvalue weighted by Crippen LogP contribution is 2.43. The topological polar surface area (TPSA) is 26.0 Å². The lowest BCUT2D eigenvalue weighted by atomic mass is 9.71. The molecule has 3 aromatic carbocycles. The molecule has 6 rings (SSSR count). The number of para-hydroxylation sites is 1. The van der Waals surface area contributed by atoms with Crippen molar-refractivity contribution in [2.45, 2.75) is 45.4 Å². The fourth-order valence-electron chi connectivity index (χ4n) is 5.04. The second-order valence-electron chi connectivity index (χ2n) is 9.65. The lowest BCUT2D eigenvalue weighted by molar-refractivity contribution is 0.224. The molecule has 0 N–H and O–H groups in total. The minimum absolute atomic E-state index is 0.336. The average Bonchev–Trinajstić information content (AvgIpc) is 3.21. The Balaban J connectivity index is 1.50. The van der Waals surface area contributed by atoms with E-state index >= 15 is 0 Å². The van der Waals surface area contributed by atoms with Crippen molar-refractivity contribution in [3.63, 3.8) is 0 Å². The fraction of sp³-hybridized carbons (Fsp3) is 0.276. The minimum atomic E-state index is -0.537. The van der Waals surface area contributed by atoms with E-state index in [1.807, 2.05) is 12.3 Å². The number of nitrogens with zero attached hydrogens (tertiary/aromatic N) is 1. The Bertz CT molecular complexity index is 1470. The third kappa shape index (κ3) is 3.13. The van der Waals surface area contributed by atoms with Crippen molar-refractivity contribution in [2.24, 2.45) is 5.41 Å². The Morgan fingerprint density at radius 1 is 0.871 bits per heavy atom. The van der Waals surface area contributed by atoms with Crippen molar-refractivity contribution in [3.05, 3.63) is 78.5 Å². The first-order valence-corrected chi connectivity index (χ1v) is 11.2. The van der Waals surface area contributed by atoms with Gasteiger partial charge in [-0.1, -0.05) is 56.3 Å². The maximum atomic E-state index is 9.19. The SMILES string of the molecule is [2H]C1(c2ccnc(-c3cccc4c3oc3c5ccccc5ccc43)c2)CCC(C)(C)CC1. The highest BCUT2D eigenvalue weighted by Gasteiger charge is 2.28. The van der Waals surface area contributed by atoms with Crippen LogP contribution in [0, 0.1) is 5.41 Å². The summed E-state index contributed by atoms with van der Waals surface area (Å²) in [5.74, 6) is -0.537. The number of furan rings is 1. The predicted octanol–water partition coefficient (Wildman–Crippen LogP) is 8.49.